The summed E-state index contributed by atoms with van der Waals surface area (Å²) in [7, 11) is -3.39. The highest BCUT2D eigenvalue weighted by Gasteiger charge is 2.28. The zero-order chi connectivity index (χ0) is 9.78. The number of alkyl halides is 2. The molecule has 0 unspecified atom stereocenters. The van der Waals surface area contributed by atoms with E-state index in [1.165, 1.54) is 6.92 Å². The maximum atomic E-state index is 11.8. The highest BCUT2D eigenvalue weighted by Crippen LogP contribution is 2.08. The second kappa shape index (κ2) is 4.38. The summed E-state index contributed by atoms with van der Waals surface area (Å²) in [5.41, 5.74) is 0. The van der Waals surface area contributed by atoms with Gasteiger partial charge in [0.15, 0.2) is 0 Å². The number of halogens is 2. The zero-order valence-electron chi connectivity index (χ0n) is 6.71. The topological polar surface area (TPSA) is 37.4 Å². The Morgan fingerprint density at radius 2 is 2.00 bits per heavy atom. The first-order chi connectivity index (χ1) is 5.42. The monoisotopic (exact) mass is 197 g/mol. The van der Waals surface area contributed by atoms with Crippen molar-refractivity contribution in [2.24, 2.45) is 0 Å². The molecule has 0 aliphatic carbocycles. The van der Waals surface area contributed by atoms with Crippen LogP contribution >= 0.6 is 0 Å². The number of hydrogen-bond donors (Lipinski definition) is 0. The van der Waals surface area contributed by atoms with E-state index in [9.17, 15) is 17.2 Å². The molecule has 0 radical (unpaired) electrons. The van der Waals surface area contributed by atoms with Crippen molar-refractivity contribution in [3.63, 3.8) is 0 Å². The van der Waals surface area contributed by atoms with E-state index in [0.29, 0.717) is 4.31 Å². The number of hydrogen-bond acceptors (Lipinski definition) is 2. The molecule has 0 aromatic rings. The maximum absolute atomic E-state index is 11.8. The van der Waals surface area contributed by atoms with Gasteiger partial charge in [-0.15, -0.1) is 5.92 Å². The molecule has 0 aromatic carbocycles. The minimum atomic E-state index is -4.45. The van der Waals surface area contributed by atoms with Crippen molar-refractivity contribution in [1.29, 1.82) is 0 Å². The van der Waals surface area contributed by atoms with Crippen molar-refractivity contribution in [3.05, 3.63) is 0 Å². The van der Waals surface area contributed by atoms with E-state index in [2.05, 4.69) is 11.8 Å². The minimum Gasteiger partial charge on any atom is -0.206 e. The fraction of sp³-hybridized carbons (Fsp3) is 0.667. The molecule has 6 heteroatoms. The molecule has 0 aliphatic rings. The molecule has 70 valence electrons. The van der Waals surface area contributed by atoms with E-state index >= 15 is 0 Å². The maximum Gasteiger partial charge on any atom is 0.350 e. The van der Waals surface area contributed by atoms with Crippen molar-refractivity contribution >= 4 is 10.0 Å². The van der Waals surface area contributed by atoms with Crippen molar-refractivity contribution in [2.45, 2.75) is 12.7 Å². The molecule has 0 saturated heterocycles. The smallest absolute Gasteiger partial charge is 0.206 e. The van der Waals surface area contributed by atoms with Crippen molar-refractivity contribution in [3.8, 4) is 11.8 Å². The molecule has 0 saturated carbocycles. The second-order valence-electron chi connectivity index (χ2n) is 1.99. The van der Waals surface area contributed by atoms with Crippen molar-refractivity contribution in [1.82, 2.24) is 4.31 Å². The van der Waals surface area contributed by atoms with E-state index in [0.717, 1.165) is 7.05 Å². The van der Waals surface area contributed by atoms with Gasteiger partial charge < -0.3 is 0 Å². The Bertz CT molecular complexity index is 288. The molecular weight excluding hydrogens is 188 g/mol. The summed E-state index contributed by atoms with van der Waals surface area (Å²) in [4.78, 5) is 0. The summed E-state index contributed by atoms with van der Waals surface area (Å²) in [6.45, 7) is 1.30. The zero-order valence-corrected chi connectivity index (χ0v) is 7.53. The predicted molar refractivity (Wildman–Crippen MR) is 41.0 cm³/mol. The Balaban J connectivity index is 4.44. The van der Waals surface area contributed by atoms with Crippen LogP contribution in [0.3, 0.4) is 0 Å². The third-order valence-corrected chi connectivity index (χ3v) is 2.59. The standard InChI is InChI=1S/C6H9F2NO2S/c1-3-4-5-9(2)12(10,11)6(7)8/h6H,5H2,1-2H3. The summed E-state index contributed by atoms with van der Waals surface area (Å²) in [5, 5.41) is 0. The molecule has 0 aromatic heterocycles. The van der Waals surface area contributed by atoms with Crippen LogP contribution in [0.2, 0.25) is 0 Å². The van der Waals surface area contributed by atoms with Gasteiger partial charge in [-0.3, -0.25) is 0 Å². The molecule has 0 bridgehead atoms. The summed E-state index contributed by atoms with van der Waals surface area (Å²) in [5.74, 6) is 1.41. The second-order valence-corrected chi connectivity index (χ2v) is 4.00. The first kappa shape index (κ1) is 11.3. The van der Waals surface area contributed by atoms with Gasteiger partial charge in [-0.1, -0.05) is 5.92 Å². The Kier molecular flexibility index (Phi) is 4.13. The molecule has 0 atom stereocenters. The normalized spacial score (nSPS) is 11.5. The van der Waals surface area contributed by atoms with Gasteiger partial charge in [0, 0.05) is 7.05 Å². The van der Waals surface area contributed by atoms with Crippen LogP contribution in [0, 0.1) is 11.8 Å². The summed E-state index contributed by atoms with van der Waals surface area (Å²) < 4.78 is 45.4. The van der Waals surface area contributed by atoms with Gasteiger partial charge in [-0.2, -0.15) is 13.1 Å². The fourth-order valence-corrected chi connectivity index (χ4v) is 0.933. The molecule has 3 nitrogen and oxygen atoms in total. The minimum absolute atomic E-state index is 0.205. The molecule has 0 N–H and O–H groups in total. The predicted octanol–water partition coefficient (Wildman–Crippen LogP) is 0.494. The van der Waals surface area contributed by atoms with Crippen LogP contribution in [0.4, 0.5) is 8.78 Å². The van der Waals surface area contributed by atoms with Crippen LogP contribution in [0.25, 0.3) is 0 Å². The molecule has 0 fully saturated rings. The average molecular weight is 197 g/mol. The first-order valence-corrected chi connectivity index (χ1v) is 4.56. The number of nitrogens with zero attached hydrogens (tertiary/aromatic N) is 1. The Hall–Kier alpha value is -0.670. The molecule has 0 amide bonds. The van der Waals surface area contributed by atoms with Gasteiger partial charge in [0.25, 0.3) is 10.0 Å². The molecule has 12 heavy (non-hydrogen) atoms. The van der Waals surface area contributed by atoms with Crippen LogP contribution in [0.15, 0.2) is 0 Å². The van der Waals surface area contributed by atoms with Gasteiger partial charge in [-0.05, 0) is 6.92 Å². The van der Waals surface area contributed by atoms with Gasteiger partial charge in [0.2, 0.25) is 0 Å². The van der Waals surface area contributed by atoms with Crippen LogP contribution in [-0.2, 0) is 10.0 Å². The Labute approximate surface area is 70.4 Å². The number of sulfonamides is 1. The van der Waals surface area contributed by atoms with Crippen LogP contribution in [0.5, 0.6) is 0 Å². The largest absolute Gasteiger partial charge is 0.350 e. The van der Waals surface area contributed by atoms with E-state index in [-0.39, 0.29) is 6.54 Å². The van der Waals surface area contributed by atoms with Gasteiger partial charge in [-0.25, -0.2) is 8.42 Å². The Morgan fingerprint density at radius 3 is 2.33 bits per heavy atom. The highest BCUT2D eigenvalue weighted by molar-refractivity contribution is 7.89. The highest BCUT2D eigenvalue weighted by atomic mass is 32.2. The van der Waals surface area contributed by atoms with E-state index in [4.69, 9.17) is 0 Å². The molecular formula is C6H9F2NO2S. The lowest BCUT2D eigenvalue weighted by Gasteiger charge is -2.12. The molecule has 0 rings (SSSR count). The lowest BCUT2D eigenvalue weighted by Crippen LogP contribution is -2.32. The Morgan fingerprint density at radius 1 is 1.50 bits per heavy atom. The van der Waals surface area contributed by atoms with Gasteiger partial charge >= 0.3 is 5.76 Å². The molecule has 0 spiro atoms. The van der Waals surface area contributed by atoms with Crippen molar-refractivity contribution in [2.75, 3.05) is 13.6 Å². The van der Waals surface area contributed by atoms with Gasteiger partial charge in [0.05, 0.1) is 6.54 Å². The van der Waals surface area contributed by atoms with Gasteiger partial charge in [0.1, 0.15) is 0 Å². The third kappa shape index (κ3) is 2.75. The van der Waals surface area contributed by atoms with Crippen LogP contribution < -0.4 is 0 Å². The lowest BCUT2D eigenvalue weighted by molar-refractivity contribution is 0.224. The fourth-order valence-electron chi connectivity index (χ4n) is 0.416. The summed E-state index contributed by atoms with van der Waals surface area (Å²) >= 11 is 0. The quantitative estimate of drug-likeness (QED) is 0.617. The van der Waals surface area contributed by atoms with E-state index < -0.39 is 15.8 Å². The van der Waals surface area contributed by atoms with E-state index in [1.54, 1.807) is 0 Å². The van der Waals surface area contributed by atoms with Crippen LogP contribution in [0.1, 0.15) is 6.92 Å². The third-order valence-electron chi connectivity index (χ3n) is 1.14. The average Bonchev–Trinajstić information content (AvgIpc) is 1.99. The summed E-state index contributed by atoms with van der Waals surface area (Å²) in [6.07, 6.45) is 0. The summed E-state index contributed by atoms with van der Waals surface area (Å²) in [6, 6.07) is 0. The first-order valence-electron chi connectivity index (χ1n) is 3.06. The SMILES string of the molecule is CC#CCN(C)S(=O)(=O)C(F)F. The molecule has 0 heterocycles. The molecule has 0 aliphatic heterocycles. The van der Waals surface area contributed by atoms with Crippen LogP contribution in [-0.4, -0.2) is 32.1 Å². The van der Waals surface area contributed by atoms with Crippen molar-refractivity contribution < 1.29 is 17.2 Å². The van der Waals surface area contributed by atoms with E-state index in [1.807, 2.05) is 0 Å². The number of rotatable bonds is 3. The lowest BCUT2D eigenvalue weighted by atomic mass is 10.6.